The second-order valence-corrected chi connectivity index (χ2v) is 4.43. The van der Waals surface area contributed by atoms with E-state index in [9.17, 15) is 4.79 Å². The number of carboxylic acid groups (broad SMARTS) is 1. The zero-order valence-electron chi connectivity index (χ0n) is 11.0. The van der Waals surface area contributed by atoms with Crippen molar-refractivity contribution in [3.8, 4) is 23.3 Å². The standard InChI is InChI=1S/C15H10ClNO4/c1-20-10-4-5-12(15(18)19)14(7-10)21-11-3-2-9(8-17)13(16)6-11/h2-7H,1H3,(H,18,19). The Morgan fingerprint density at radius 1 is 1.24 bits per heavy atom. The number of rotatable bonds is 4. The van der Waals surface area contributed by atoms with E-state index < -0.39 is 5.97 Å². The van der Waals surface area contributed by atoms with Gasteiger partial charge in [0.05, 0.1) is 17.7 Å². The minimum absolute atomic E-state index is 0.00344. The lowest BCUT2D eigenvalue weighted by molar-refractivity contribution is 0.0694. The summed E-state index contributed by atoms with van der Waals surface area (Å²) in [5.74, 6) is -0.195. The quantitative estimate of drug-likeness (QED) is 0.931. The number of hydrogen-bond donors (Lipinski definition) is 1. The van der Waals surface area contributed by atoms with Crippen LogP contribution in [-0.2, 0) is 0 Å². The van der Waals surface area contributed by atoms with Crippen molar-refractivity contribution in [2.75, 3.05) is 7.11 Å². The number of hydrogen-bond acceptors (Lipinski definition) is 4. The average molecular weight is 304 g/mol. The molecule has 0 aliphatic rings. The van der Waals surface area contributed by atoms with Gasteiger partial charge in [0.1, 0.15) is 28.9 Å². The maximum atomic E-state index is 11.2. The van der Waals surface area contributed by atoms with Crippen LogP contribution in [-0.4, -0.2) is 18.2 Å². The van der Waals surface area contributed by atoms with Gasteiger partial charge < -0.3 is 14.6 Å². The fourth-order valence-corrected chi connectivity index (χ4v) is 1.88. The summed E-state index contributed by atoms with van der Waals surface area (Å²) in [5, 5.41) is 18.2. The number of methoxy groups -OCH3 is 1. The smallest absolute Gasteiger partial charge is 0.339 e. The lowest BCUT2D eigenvalue weighted by atomic mass is 10.2. The summed E-state index contributed by atoms with van der Waals surface area (Å²) in [6, 6.07) is 10.8. The first-order valence-corrected chi connectivity index (χ1v) is 6.21. The average Bonchev–Trinajstić information content (AvgIpc) is 2.47. The molecule has 0 fully saturated rings. The van der Waals surface area contributed by atoms with Crippen LogP contribution in [0.3, 0.4) is 0 Å². The molecule has 2 aromatic rings. The molecular formula is C15H10ClNO4. The second kappa shape index (κ2) is 6.16. The monoisotopic (exact) mass is 303 g/mol. The molecular weight excluding hydrogens is 294 g/mol. The van der Waals surface area contributed by atoms with Crippen molar-refractivity contribution in [2.24, 2.45) is 0 Å². The summed E-state index contributed by atoms with van der Waals surface area (Å²) in [5.41, 5.74) is 0.310. The van der Waals surface area contributed by atoms with Crippen LogP contribution in [0.15, 0.2) is 36.4 Å². The number of aromatic carboxylic acids is 1. The van der Waals surface area contributed by atoms with E-state index in [-0.39, 0.29) is 16.3 Å². The lowest BCUT2D eigenvalue weighted by Crippen LogP contribution is -2.00. The molecule has 106 valence electrons. The maximum absolute atomic E-state index is 11.2. The molecule has 0 amide bonds. The van der Waals surface area contributed by atoms with E-state index in [2.05, 4.69) is 0 Å². The third-order valence-electron chi connectivity index (χ3n) is 2.71. The highest BCUT2D eigenvalue weighted by atomic mass is 35.5. The molecule has 0 unspecified atom stereocenters. The SMILES string of the molecule is COc1ccc(C(=O)O)c(Oc2ccc(C#N)c(Cl)c2)c1. The van der Waals surface area contributed by atoms with E-state index in [1.165, 1.54) is 43.5 Å². The van der Waals surface area contributed by atoms with Crippen molar-refractivity contribution >= 4 is 17.6 Å². The van der Waals surface area contributed by atoms with Gasteiger partial charge in [-0.2, -0.15) is 5.26 Å². The van der Waals surface area contributed by atoms with Crippen LogP contribution in [0.25, 0.3) is 0 Å². The summed E-state index contributed by atoms with van der Waals surface area (Å²) < 4.78 is 10.6. The summed E-state index contributed by atoms with van der Waals surface area (Å²) in [4.78, 5) is 11.2. The summed E-state index contributed by atoms with van der Waals surface area (Å²) in [7, 11) is 1.47. The number of carbonyl (C=O) groups is 1. The van der Waals surface area contributed by atoms with Crippen LogP contribution in [0.4, 0.5) is 0 Å². The molecule has 2 aromatic carbocycles. The number of nitrogens with zero attached hydrogens (tertiary/aromatic N) is 1. The van der Waals surface area contributed by atoms with E-state index in [0.29, 0.717) is 17.1 Å². The highest BCUT2D eigenvalue weighted by Gasteiger charge is 2.14. The van der Waals surface area contributed by atoms with Crippen molar-refractivity contribution in [1.82, 2.24) is 0 Å². The molecule has 0 aliphatic carbocycles. The molecule has 0 saturated carbocycles. The first-order valence-electron chi connectivity index (χ1n) is 5.84. The third-order valence-corrected chi connectivity index (χ3v) is 3.02. The fourth-order valence-electron chi connectivity index (χ4n) is 1.67. The van der Waals surface area contributed by atoms with Crippen molar-refractivity contribution in [2.45, 2.75) is 0 Å². The van der Waals surface area contributed by atoms with Gasteiger partial charge in [0.25, 0.3) is 0 Å². The first kappa shape index (κ1) is 14.7. The molecule has 21 heavy (non-hydrogen) atoms. The number of ether oxygens (including phenoxy) is 2. The Bertz CT molecular complexity index is 737. The topological polar surface area (TPSA) is 79.6 Å². The third kappa shape index (κ3) is 3.25. The number of carboxylic acids is 1. The number of halogens is 1. The van der Waals surface area contributed by atoms with Crippen LogP contribution >= 0.6 is 11.6 Å². The van der Waals surface area contributed by atoms with Gasteiger partial charge in [-0.3, -0.25) is 0 Å². The fraction of sp³-hybridized carbons (Fsp3) is 0.0667. The Kier molecular flexibility index (Phi) is 4.31. The minimum atomic E-state index is -1.12. The molecule has 0 atom stereocenters. The van der Waals surface area contributed by atoms with E-state index in [1.54, 1.807) is 0 Å². The normalized spacial score (nSPS) is 9.76. The van der Waals surface area contributed by atoms with Crippen LogP contribution in [0.2, 0.25) is 5.02 Å². The zero-order valence-corrected chi connectivity index (χ0v) is 11.7. The molecule has 1 N–H and O–H groups in total. The predicted molar refractivity (Wildman–Crippen MR) is 76.2 cm³/mol. The number of nitriles is 1. The highest BCUT2D eigenvalue weighted by Crippen LogP contribution is 2.31. The maximum Gasteiger partial charge on any atom is 0.339 e. The molecule has 0 spiro atoms. The van der Waals surface area contributed by atoms with Crippen LogP contribution < -0.4 is 9.47 Å². The van der Waals surface area contributed by atoms with Crippen molar-refractivity contribution in [3.63, 3.8) is 0 Å². The molecule has 2 rings (SSSR count). The Morgan fingerprint density at radius 3 is 2.52 bits per heavy atom. The van der Waals surface area contributed by atoms with E-state index in [0.717, 1.165) is 0 Å². The van der Waals surface area contributed by atoms with Crippen molar-refractivity contribution in [1.29, 1.82) is 5.26 Å². The first-order chi connectivity index (χ1) is 10.0. The van der Waals surface area contributed by atoms with E-state index in [1.807, 2.05) is 6.07 Å². The van der Waals surface area contributed by atoms with Gasteiger partial charge in [-0.25, -0.2) is 4.79 Å². The second-order valence-electron chi connectivity index (χ2n) is 4.02. The summed E-state index contributed by atoms with van der Waals surface area (Å²) >= 11 is 5.91. The van der Waals surface area contributed by atoms with Crippen molar-refractivity contribution in [3.05, 3.63) is 52.5 Å². The van der Waals surface area contributed by atoms with Gasteiger partial charge in [0.2, 0.25) is 0 Å². The van der Waals surface area contributed by atoms with Gasteiger partial charge in [-0.15, -0.1) is 0 Å². The number of benzene rings is 2. The van der Waals surface area contributed by atoms with Crippen molar-refractivity contribution < 1.29 is 19.4 Å². The van der Waals surface area contributed by atoms with Gasteiger partial charge in [-0.05, 0) is 24.3 Å². The molecule has 0 saturated heterocycles. The molecule has 0 radical (unpaired) electrons. The van der Waals surface area contributed by atoms with Gasteiger partial charge in [-0.1, -0.05) is 11.6 Å². The molecule has 0 aliphatic heterocycles. The van der Waals surface area contributed by atoms with Crippen LogP contribution in [0.1, 0.15) is 15.9 Å². The van der Waals surface area contributed by atoms with Crippen LogP contribution in [0, 0.1) is 11.3 Å². The highest BCUT2D eigenvalue weighted by molar-refractivity contribution is 6.31. The molecule has 6 heteroatoms. The molecule has 0 heterocycles. The Hall–Kier alpha value is -2.71. The molecule has 0 bridgehead atoms. The van der Waals surface area contributed by atoms with Gasteiger partial charge >= 0.3 is 5.97 Å². The van der Waals surface area contributed by atoms with Gasteiger partial charge in [0.15, 0.2) is 0 Å². The van der Waals surface area contributed by atoms with Gasteiger partial charge in [0, 0.05) is 12.1 Å². The Balaban J connectivity index is 2.40. The Morgan fingerprint density at radius 2 is 1.95 bits per heavy atom. The zero-order chi connectivity index (χ0) is 15.4. The van der Waals surface area contributed by atoms with Crippen LogP contribution in [0.5, 0.6) is 17.2 Å². The van der Waals surface area contributed by atoms with E-state index >= 15 is 0 Å². The predicted octanol–water partition coefficient (Wildman–Crippen LogP) is 3.71. The lowest BCUT2D eigenvalue weighted by Gasteiger charge is -2.11. The largest absolute Gasteiger partial charge is 0.497 e. The summed E-state index contributed by atoms with van der Waals surface area (Å²) in [6.07, 6.45) is 0. The minimum Gasteiger partial charge on any atom is -0.497 e. The summed E-state index contributed by atoms with van der Waals surface area (Å²) in [6.45, 7) is 0. The molecule has 0 aromatic heterocycles. The Labute approximate surface area is 125 Å². The van der Waals surface area contributed by atoms with E-state index in [4.69, 9.17) is 31.4 Å². The molecule has 5 nitrogen and oxygen atoms in total.